The second kappa shape index (κ2) is 8.71. The van der Waals surface area contributed by atoms with Crippen LogP contribution in [0.15, 0.2) is 90.2 Å². The molecule has 0 unspecified atom stereocenters. The van der Waals surface area contributed by atoms with Crippen LogP contribution in [0.25, 0.3) is 16.9 Å². The molecule has 0 atom stereocenters. The molecule has 1 N–H and O–H groups in total. The first-order chi connectivity index (χ1) is 14.6. The van der Waals surface area contributed by atoms with Gasteiger partial charge in [0.1, 0.15) is 11.5 Å². The van der Waals surface area contributed by atoms with Crippen molar-refractivity contribution in [2.24, 2.45) is 5.10 Å². The Kier molecular flexibility index (Phi) is 5.68. The first kappa shape index (κ1) is 19.5. The zero-order valence-corrected chi connectivity index (χ0v) is 16.4. The van der Waals surface area contributed by atoms with Crippen molar-refractivity contribution in [3.8, 4) is 16.9 Å². The summed E-state index contributed by atoms with van der Waals surface area (Å²) >= 11 is 5.98. The Balaban J connectivity index is 1.66. The van der Waals surface area contributed by atoms with Crippen molar-refractivity contribution in [2.45, 2.75) is 0 Å². The normalized spacial score (nSPS) is 11.0. The highest BCUT2D eigenvalue weighted by atomic mass is 35.5. The molecule has 5 nitrogen and oxygen atoms in total. The van der Waals surface area contributed by atoms with Gasteiger partial charge in [-0.2, -0.15) is 10.2 Å². The summed E-state index contributed by atoms with van der Waals surface area (Å²) < 4.78 is 15.5. The maximum absolute atomic E-state index is 13.9. The smallest absolute Gasteiger partial charge is 0.267 e. The molecule has 0 aliphatic carbocycles. The minimum absolute atomic E-state index is 0.0998. The monoisotopic (exact) mass is 418 g/mol. The van der Waals surface area contributed by atoms with Gasteiger partial charge in [0.05, 0.1) is 22.5 Å². The molecular formula is C23H16ClFN4O. The van der Waals surface area contributed by atoms with Gasteiger partial charge >= 0.3 is 0 Å². The summed E-state index contributed by atoms with van der Waals surface area (Å²) in [5.41, 5.74) is 4.98. The minimum Gasteiger partial charge on any atom is -0.267 e. The zero-order chi connectivity index (χ0) is 20.9. The van der Waals surface area contributed by atoms with Gasteiger partial charge in [0.2, 0.25) is 0 Å². The van der Waals surface area contributed by atoms with Crippen molar-refractivity contribution < 1.29 is 9.18 Å². The third kappa shape index (κ3) is 4.14. The van der Waals surface area contributed by atoms with Gasteiger partial charge in [-0.15, -0.1) is 0 Å². The standard InChI is InChI=1S/C23H16ClFN4O/c24-20-12-7-13-21(25)18(20)14-26-27-23(30)19-15-29(17-10-5-2-6-11-17)28-22(19)16-8-3-1-4-9-16/h1-15H,(H,27,30)/b26-14+. The SMILES string of the molecule is O=C(N/N=C/c1c(F)cccc1Cl)c1cn(-c2ccccc2)nc1-c1ccccc1. The van der Waals surface area contributed by atoms with Gasteiger partial charge in [0.15, 0.2) is 0 Å². The summed E-state index contributed by atoms with van der Waals surface area (Å²) in [6, 6.07) is 23.2. The van der Waals surface area contributed by atoms with E-state index in [0.29, 0.717) is 11.3 Å². The molecule has 0 saturated heterocycles. The Morgan fingerprint density at radius 2 is 1.70 bits per heavy atom. The highest BCUT2D eigenvalue weighted by molar-refractivity contribution is 6.33. The van der Waals surface area contributed by atoms with Crippen LogP contribution >= 0.6 is 11.6 Å². The molecule has 1 heterocycles. The van der Waals surface area contributed by atoms with Crippen LogP contribution in [0.5, 0.6) is 0 Å². The van der Waals surface area contributed by atoms with Crippen LogP contribution in [0.3, 0.4) is 0 Å². The summed E-state index contributed by atoms with van der Waals surface area (Å²) in [7, 11) is 0. The van der Waals surface area contributed by atoms with Crippen molar-refractivity contribution in [3.05, 3.63) is 107 Å². The lowest BCUT2D eigenvalue weighted by Gasteiger charge is -2.02. The van der Waals surface area contributed by atoms with E-state index in [2.05, 4.69) is 15.6 Å². The molecular weight excluding hydrogens is 403 g/mol. The number of amides is 1. The maximum atomic E-state index is 13.9. The molecule has 0 bridgehead atoms. The molecule has 7 heteroatoms. The second-order valence-electron chi connectivity index (χ2n) is 6.37. The Hall–Kier alpha value is -3.77. The van der Waals surface area contributed by atoms with Crippen LogP contribution in [0.4, 0.5) is 4.39 Å². The van der Waals surface area contributed by atoms with Gasteiger partial charge in [0, 0.05) is 17.3 Å². The maximum Gasteiger partial charge on any atom is 0.275 e. The number of rotatable bonds is 5. The number of hydrogen-bond donors (Lipinski definition) is 1. The number of hydrazone groups is 1. The van der Waals surface area contributed by atoms with E-state index in [1.807, 2.05) is 60.7 Å². The van der Waals surface area contributed by atoms with Gasteiger partial charge in [-0.3, -0.25) is 4.79 Å². The molecule has 148 valence electrons. The van der Waals surface area contributed by atoms with Gasteiger partial charge in [-0.05, 0) is 24.3 Å². The summed E-state index contributed by atoms with van der Waals surface area (Å²) in [6.07, 6.45) is 2.82. The fourth-order valence-electron chi connectivity index (χ4n) is 2.91. The minimum atomic E-state index is -0.526. The van der Waals surface area contributed by atoms with E-state index in [0.717, 1.165) is 11.3 Å². The molecule has 3 aromatic carbocycles. The fourth-order valence-corrected chi connectivity index (χ4v) is 3.12. The molecule has 30 heavy (non-hydrogen) atoms. The average molecular weight is 419 g/mol. The van der Waals surface area contributed by atoms with Crippen molar-refractivity contribution in [3.63, 3.8) is 0 Å². The molecule has 1 amide bonds. The Morgan fingerprint density at radius 3 is 2.40 bits per heavy atom. The molecule has 4 rings (SSSR count). The largest absolute Gasteiger partial charge is 0.275 e. The van der Waals surface area contributed by atoms with Crippen LogP contribution in [-0.2, 0) is 0 Å². The van der Waals surface area contributed by atoms with Crippen molar-refractivity contribution in [1.82, 2.24) is 15.2 Å². The Bertz CT molecular complexity index is 1190. The van der Waals surface area contributed by atoms with Crippen molar-refractivity contribution in [2.75, 3.05) is 0 Å². The molecule has 4 aromatic rings. The number of halogens is 2. The summed E-state index contributed by atoms with van der Waals surface area (Å²) in [4.78, 5) is 12.8. The van der Waals surface area contributed by atoms with Crippen molar-refractivity contribution >= 4 is 23.7 Å². The molecule has 1 aromatic heterocycles. The summed E-state index contributed by atoms with van der Waals surface area (Å²) in [5.74, 6) is -0.998. The topological polar surface area (TPSA) is 59.3 Å². The van der Waals surface area contributed by atoms with E-state index < -0.39 is 11.7 Å². The first-order valence-electron chi connectivity index (χ1n) is 9.11. The van der Waals surface area contributed by atoms with Gasteiger partial charge in [-0.25, -0.2) is 14.5 Å². The third-order valence-electron chi connectivity index (χ3n) is 4.39. The quantitative estimate of drug-likeness (QED) is 0.362. The molecule has 0 aliphatic rings. The van der Waals surface area contributed by atoms with Gasteiger partial charge in [-0.1, -0.05) is 66.2 Å². The highest BCUT2D eigenvalue weighted by Gasteiger charge is 2.18. The second-order valence-corrected chi connectivity index (χ2v) is 6.78. The van der Waals surface area contributed by atoms with Crippen LogP contribution < -0.4 is 5.43 Å². The number of carbonyl (C=O) groups excluding carboxylic acids is 1. The van der Waals surface area contributed by atoms with Crippen LogP contribution in [0.1, 0.15) is 15.9 Å². The number of para-hydroxylation sites is 1. The first-order valence-corrected chi connectivity index (χ1v) is 9.49. The van der Waals surface area contributed by atoms with Crippen LogP contribution in [0, 0.1) is 5.82 Å². The lowest BCUT2D eigenvalue weighted by atomic mass is 10.1. The van der Waals surface area contributed by atoms with Gasteiger partial charge < -0.3 is 0 Å². The number of hydrogen-bond acceptors (Lipinski definition) is 3. The fraction of sp³-hybridized carbons (Fsp3) is 0. The molecule has 0 saturated carbocycles. The highest BCUT2D eigenvalue weighted by Crippen LogP contribution is 2.23. The van der Waals surface area contributed by atoms with E-state index >= 15 is 0 Å². The van der Waals surface area contributed by atoms with E-state index in [-0.39, 0.29) is 10.6 Å². The van der Waals surface area contributed by atoms with E-state index in [9.17, 15) is 9.18 Å². The summed E-state index contributed by atoms with van der Waals surface area (Å²) in [6.45, 7) is 0. The van der Waals surface area contributed by atoms with E-state index in [1.165, 1.54) is 18.3 Å². The number of nitrogens with one attached hydrogen (secondary N) is 1. The van der Waals surface area contributed by atoms with E-state index in [1.54, 1.807) is 16.9 Å². The van der Waals surface area contributed by atoms with Crippen molar-refractivity contribution in [1.29, 1.82) is 0 Å². The number of aromatic nitrogens is 2. The van der Waals surface area contributed by atoms with Crippen LogP contribution in [0.2, 0.25) is 5.02 Å². The molecule has 0 radical (unpaired) electrons. The lowest BCUT2D eigenvalue weighted by molar-refractivity contribution is 0.0955. The Labute approximate surface area is 177 Å². The molecule has 0 aliphatic heterocycles. The Morgan fingerprint density at radius 1 is 1.00 bits per heavy atom. The summed E-state index contributed by atoms with van der Waals surface area (Å²) in [5, 5.41) is 8.66. The lowest BCUT2D eigenvalue weighted by Crippen LogP contribution is -2.18. The molecule has 0 spiro atoms. The van der Waals surface area contributed by atoms with Crippen LogP contribution in [-0.4, -0.2) is 21.9 Å². The predicted octanol–water partition coefficient (Wildman–Crippen LogP) is 5.10. The average Bonchev–Trinajstić information content (AvgIpc) is 3.23. The van der Waals surface area contributed by atoms with E-state index in [4.69, 9.17) is 11.6 Å². The predicted molar refractivity (Wildman–Crippen MR) is 115 cm³/mol. The number of carbonyl (C=O) groups is 1. The number of benzene rings is 3. The third-order valence-corrected chi connectivity index (χ3v) is 4.72. The zero-order valence-electron chi connectivity index (χ0n) is 15.7. The molecule has 0 fully saturated rings. The van der Waals surface area contributed by atoms with Gasteiger partial charge in [0.25, 0.3) is 5.91 Å². The number of nitrogens with zero attached hydrogens (tertiary/aromatic N) is 3.